The number of fused-ring (bicyclic) bond motifs is 6. The van der Waals surface area contributed by atoms with E-state index in [9.17, 15) is 33.5 Å². The maximum absolute atomic E-state index is 15.0. The fraction of sp³-hybridized carbons (Fsp3) is 0.529. The number of anilines is 3. The lowest BCUT2D eigenvalue weighted by atomic mass is 9.83. The zero-order valence-corrected chi connectivity index (χ0v) is 60.6. The number of nitrogens with zero attached hydrogens (tertiary/aromatic N) is 5. The summed E-state index contributed by atoms with van der Waals surface area (Å²) in [5, 5.41) is 21.6. The number of hydrogen-bond donors (Lipinski definition) is 6. The number of carbonyl (C=O) groups excluding carboxylic acids is 5. The molecule has 0 spiro atoms. The van der Waals surface area contributed by atoms with Gasteiger partial charge in [0.2, 0.25) is 17.7 Å². The van der Waals surface area contributed by atoms with E-state index >= 15 is 0 Å². The summed E-state index contributed by atoms with van der Waals surface area (Å²) >= 11 is 13.2. The molecule has 99 heavy (non-hydrogen) atoms. The number of allylic oxidation sites excluding steroid dienone is 3. The van der Waals surface area contributed by atoms with Crippen molar-refractivity contribution in [3.63, 3.8) is 0 Å². The van der Waals surface area contributed by atoms with Crippen LogP contribution in [0, 0.1) is 18.7 Å². The summed E-state index contributed by atoms with van der Waals surface area (Å²) in [5.41, 5.74) is 10.5. The van der Waals surface area contributed by atoms with E-state index in [0.29, 0.717) is 116 Å². The van der Waals surface area contributed by atoms with Crippen molar-refractivity contribution in [1.29, 1.82) is 0 Å². The number of pyridine rings is 1. The van der Waals surface area contributed by atoms with Gasteiger partial charge < -0.3 is 79.1 Å². The molecule has 9 rings (SSSR count). The minimum absolute atomic E-state index is 0.0711. The summed E-state index contributed by atoms with van der Waals surface area (Å²) in [7, 11) is 9.05. The minimum atomic E-state index is -1.87. The van der Waals surface area contributed by atoms with Crippen LogP contribution in [0.3, 0.4) is 0 Å². The van der Waals surface area contributed by atoms with Gasteiger partial charge in [-0.2, -0.15) is 0 Å². The smallest absolute Gasteiger partial charge is 0.409 e. The Morgan fingerprint density at radius 3 is 2.42 bits per heavy atom. The van der Waals surface area contributed by atoms with E-state index in [1.165, 1.54) is 54.0 Å². The SMILES string of the molecule is COc1cc2cc(c1Cl)N(C)C(=O)C[C@H](OC(=O)[C@@H](C)N(C)C(=O)CCSSCCOCCOCCOCCC(=O)NCCNc1ncc(-c3cc(C)cc(F)c3)c(N3CCC(N)CC3)c1-c1nc3ccc(Cl)cc3[nH]1)[C@]1(C)OC1[C@@H](C)C1C[C@@](O)(NC(=O)O1)[C@H](OC)/C=C\C=C(\C)C2. The number of aliphatic hydroxyl groups is 1. The molecule has 3 fully saturated rings. The van der Waals surface area contributed by atoms with Crippen LogP contribution in [0.25, 0.3) is 33.5 Å². The summed E-state index contributed by atoms with van der Waals surface area (Å²) in [6.07, 6.45) is 4.21. The molecule has 24 nitrogen and oxygen atoms in total. The summed E-state index contributed by atoms with van der Waals surface area (Å²) in [4.78, 5) is 86.2. The largest absolute Gasteiger partial charge is 0.495 e. The quantitative estimate of drug-likeness (QED) is 0.0117. The number of H-pyrrole nitrogens is 1. The molecule has 0 aliphatic carbocycles. The number of piperidine rings is 1. The van der Waals surface area contributed by atoms with Crippen LogP contribution in [0.15, 0.2) is 78.5 Å². The number of hydrogen-bond acceptors (Lipinski definition) is 21. The second kappa shape index (κ2) is 35.2. The molecule has 4 bridgehead atoms. The van der Waals surface area contributed by atoms with Crippen LogP contribution in [0.4, 0.5) is 26.4 Å². The number of amides is 4. The molecule has 4 amide bonds. The molecule has 5 aromatic rings. The third kappa shape index (κ3) is 19.9. The Morgan fingerprint density at radius 2 is 1.70 bits per heavy atom. The van der Waals surface area contributed by atoms with E-state index in [1.807, 2.05) is 38.1 Å². The lowest BCUT2D eigenvalue weighted by Gasteiger charge is -2.42. The normalized spacial score (nSPS) is 23.3. The Bertz CT molecular complexity index is 3710. The number of aromatic amines is 1. The number of ether oxygens (including phenoxy) is 8. The van der Waals surface area contributed by atoms with Crippen molar-refractivity contribution in [3.8, 4) is 28.3 Å². The van der Waals surface area contributed by atoms with Crippen molar-refractivity contribution in [2.75, 3.05) is 121 Å². The van der Waals surface area contributed by atoms with Gasteiger partial charge in [-0.25, -0.2) is 23.9 Å². The zero-order valence-electron chi connectivity index (χ0n) is 57.4. The number of rotatable bonds is 28. The summed E-state index contributed by atoms with van der Waals surface area (Å²) in [5.74, 6) is -0.0470. The Morgan fingerprint density at radius 1 is 0.970 bits per heavy atom. The number of alkyl carbamates (subject to hydrolysis) is 1. The standard InChI is InChI=1S/C70H91Cl2FN10O14S2/c1-41-11-10-12-56(91-9)70(89)39-55(95-68(88)80-70)43(3)64-69(5,97-64)57(38-60(86)82(7)53-34-45(31-41)35-54(90-8)62(53)72)96-67(87)44(4)81(6)59(85)18-29-98-99-30-28-94-27-26-93-25-24-92-23-17-58(84)75-19-20-76-65-61(66-78-51-14-13-47(71)37-52(51)79-66)63(83-21-15-49(74)16-22-83)50(40-77-65)46-32-42(2)33-48(73)36-46/h10-14,32-37,40,43-44,49,55-57,64,89H,15-31,38-39,74H2,1-9H3,(H,75,84)(H,76,77)(H,78,79)(H,80,88)/b12-10-,41-11-/t43-,44+,55?,56+,57-,64?,69-,70-/m0/s1. The number of methoxy groups -OCH3 is 2. The van der Waals surface area contributed by atoms with E-state index in [2.05, 4.69) is 25.8 Å². The number of halogens is 3. The van der Waals surface area contributed by atoms with Crippen molar-refractivity contribution in [2.45, 2.75) is 127 Å². The molecule has 3 aromatic carbocycles. The Labute approximate surface area is 595 Å². The average molecular weight is 1450 g/mol. The number of likely N-dealkylation sites (N-methyl/N-ethyl adjacent to an activating group) is 1. The highest BCUT2D eigenvalue weighted by atomic mass is 35.5. The second-order valence-corrected chi connectivity index (χ2v) is 29.0. The van der Waals surface area contributed by atoms with E-state index < -0.39 is 65.7 Å². The number of nitrogens with one attached hydrogen (secondary N) is 4. The molecule has 3 saturated heterocycles. The van der Waals surface area contributed by atoms with Gasteiger partial charge in [0.1, 0.15) is 58.2 Å². The third-order valence-corrected chi connectivity index (χ3v) is 21.2. The fourth-order valence-corrected chi connectivity index (χ4v) is 14.8. The number of carbonyl (C=O) groups is 5. The van der Waals surface area contributed by atoms with Gasteiger partial charge in [0.25, 0.3) is 0 Å². The number of benzene rings is 3. The van der Waals surface area contributed by atoms with Gasteiger partial charge in [0, 0.05) is 107 Å². The second-order valence-electron chi connectivity index (χ2n) is 25.5. The lowest BCUT2D eigenvalue weighted by Crippen LogP contribution is -2.63. The Kier molecular flexibility index (Phi) is 27.2. The Balaban J connectivity index is 0.672. The Hall–Kier alpha value is -6.76. The summed E-state index contributed by atoms with van der Waals surface area (Å²) < 4.78 is 61.6. The first-order valence-electron chi connectivity index (χ1n) is 33.2. The van der Waals surface area contributed by atoms with Crippen LogP contribution in [-0.4, -0.2) is 208 Å². The predicted octanol–water partition coefficient (Wildman–Crippen LogP) is 9.59. The molecule has 7 N–H and O–H groups in total. The van der Waals surface area contributed by atoms with Crippen LogP contribution >= 0.6 is 44.8 Å². The molecular weight excluding hydrogens is 1360 g/mol. The first kappa shape index (κ1) is 76.4. The number of esters is 1. The molecule has 29 heteroatoms. The van der Waals surface area contributed by atoms with E-state index in [0.717, 1.165) is 51.8 Å². The number of aryl methyl sites for hydroxylation is 1. The van der Waals surface area contributed by atoms with Crippen molar-refractivity contribution in [3.05, 3.63) is 106 Å². The highest BCUT2D eigenvalue weighted by Crippen LogP contribution is 2.50. The van der Waals surface area contributed by atoms with Gasteiger partial charge in [0.15, 0.2) is 5.72 Å². The molecule has 538 valence electrons. The highest BCUT2D eigenvalue weighted by molar-refractivity contribution is 8.76. The molecule has 4 aliphatic heterocycles. The maximum atomic E-state index is 15.0. The molecule has 2 aromatic heterocycles. The number of aromatic nitrogens is 3. The molecule has 0 saturated carbocycles. The summed E-state index contributed by atoms with van der Waals surface area (Å²) in [6, 6.07) is 13.0. The van der Waals surface area contributed by atoms with Crippen molar-refractivity contribution >= 4 is 103 Å². The van der Waals surface area contributed by atoms with Gasteiger partial charge in [-0.05, 0) is 106 Å². The predicted molar refractivity (Wildman–Crippen MR) is 383 cm³/mol. The first-order chi connectivity index (χ1) is 47.4. The van der Waals surface area contributed by atoms with Gasteiger partial charge in [0.05, 0.1) is 87.2 Å². The topological polar surface area (TPSA) is 296 Å². The molecule has 6 heterocycles. The number of epoxide rings is 1. The molecule has 4 aliphatic rings. The van der Waals surface area contributed by atoms with Crippen molar-refractivity contribution in [1.82, 2.24) is 30.5 Å². The summed E-state index contributed by atoms with van der Waals surface area (Å²) in [6.45, 7) is 12.8. The van der Waals surface area contributed by atoms with Crippen molar-refractivity contribution < 1.29 is 71.4 Å². The third-order valence-electron chi connectivity index (χ3n) is 18.2. The van der Waals surface area contributed by atoms with Crippen LogP contribution in [0.1, 0.15) is 77.3 Å². The van der Waals surface area contributed by atoms with Gasteiger partial charge in [-0.1, -0.05) is 81.6 Å². The van der Waals surface area contributed by atoms with Gasteiger partial charge in [-0.3, -0.25) is 19.7 Å². The minimum Gasteiger partial charge on any atom is -0.495 e. The molecule has 0 radical (unpaired) electrons. The van der Waals surface area contributed by atoms with E-state index in [4.69, 9.17) is 76.8 Å². The average Bonchev–Trinajstić information content (AvgIpc) is 1.59. The van der Waals surface area contributed by atoms with E-state index in [-0.39, 0.29) is 61.0 Å². The lowest BCUT2D eigenvalue weighted by molar-refractivity contribution is -0.162. The van der Waals surface area contributed by atoms with Gasteiger partial charge in [-0.15, -0.1) is 0 Å². The highest BCUT2D eigenvalue weighted by Gasteiger charge is 2.64. The van der Waals surface area contributed by atoms with Crippen LogP contribution in [0.5, 0.6) is 5.75 Å². The number of nitrogens with two attached hydrogens (primary N) is 1. The molecule has 8 atom stereocenters. The van der Waals surface area contributed by atoms with E-state index in [1.54, 1.807) is 75.2 Å². The number of imidazole rings is 1. The molecule has 2 unspecified atom stereocenters. The van der Waals surface area contributed by atoms with Crippen LogP contribution < -0.4 is 36.2 Å². The van der Waals surface area contributed by atoms with Crippen LogP contribution in [0.2, 0.25) is 10.0 Å². The maximum Gasteiger partial charge on any atom is 0.409 e. The monoisotopic (exact) mass is 1450 g/mol. The fourth-order valence-electron chi connectivity index (χ4n) is 12.4. The zero-order chi connectivity index (χ0) is 71.1. The molecular formula is C70H91Cl2FN10O14S2. The first-order valence-corrected chi connectivity index (χ1v) is 36.4. The van der Waals surface area contributed by atoms with Gasteiger partial charge >= 0.3 is 12.1 Å². The van der Waals surface area contributed by atoms with Crippen LogP contribution in [-0.2, 0) is 58.8 Å². The van der Waals surface area contributed by atoms with Crippen molar-refractivity contribution in [2.24, 2.45) is 11.7 Å².